The van der Waals surface area contributed by atoms with E-state index >= 15 is 0 Å². The van der Waals surface area contributed by atoms with Gasteiger partial charge in [0.25, 0.3) is 0 Å². The van der Waals surface area contributed by atoms with Crippen molar-refractivity contribution in [2.75, 3.05) is 38.8 Å². The SMILES string of the molecule is COCCCN=C(NN)NCCS(C)(=O)=O. The van der Waals surface area contributed by atoms with Gasteiger partial charge in [-0.25, -0.2) is 14.3 Å². The van der Waals surface area contributed by atoms with Gasteiger partial charge in [-0.1, -0.05) is 0 Å². The molecule has 0 atom stereocenters. The Bertz CT molecular complexity index is 302. The zero-order valence-corrected chi connectivity index (χ0v) is 10.5. The lowest BCUT2D eigenvalue weighted by atomic mass is 10.5. The molecule has 0 aromatic rings. The van der Waals surface area contributed by atoms with E-state index in [4.69, 9.17) is 10.6 Å². The van der Waals surface area contributed by atoms with Crippen molar-refractivity contribution < 1.29 is 13.2 Å². The van der Waals surface area contributed by atoms with Crippen molar-refractivity contribution in [2.45, 2.75) is 6.42 Å². The van der Waals surface area contributed by atoms with Crippen molar-refractivity contribution in [1.29, 1.82) is 0 Å². The number of hydrogen-bond donors (Lipinski definition) is 3. The zero-order chi connectivity index (χ0) is 12.4. The van der Waals surface area contributed by atoms with Crippen molar-refractivity contribution >= 4 is 15.8 Å². The molecule has 0 aromatic heterocycles. The van der Waals surface area contributed by atoms with E-state index in [1.807, 2.05) is 0 Å². The molecule has 0 aromatic carbocycles. The van der Waals surface area contributed by atoms with Crippen LogP contribution in [0, 0.1) is 0 Å². The van der Waals surface area contributed by atoms with Gasteiger partial charge in [0.2, 0.25) is 5.96 Å². The van der Waals surface area contributed by atoms with Crippen LogP contribution in [0.3, 0.4) is 0 Å². The number of methoxy groups -OCH3 is 1. The molecule has 0 aliphatic heterocycles. The maximum absolute atomic E-state index is 10.9. The first-order valence-electron chi connectivity index (χ1n) is 4.91. The summed E-state index contributed by atoms with van der Waals surface area (Å²) in [6.45, 7) is 1.48. The van der Waals surface area contributed by atoms with Crippen molar-refractivity contribution in [2.24, 2.45) is 10.8 Å². The highest BCUT2D eigenvalue weighted by molar-refractivity contribution is 7.90. The number of sulfone groups is 1. The number of rotatable bonds is 7. The van der Waals surface area contributed by atoms with Crippen molar-refractivity contribution in [1.82, 2.24) is 10.7 Å². The Kier molecular flexibility index (Phi) is 7.86. The lowest BCUT2D eigenvalue weighted by molar-refractivity contribution is 0.197. The second kappa shape index (κ2) is 8.31. The second-order valence-electron chi connectivity index (χ2n) is 3.28. The van der Waals surface area contributed by atoms with Crippen molar-refractivity contribution in [3.8, 4) is 0 Å². The summed E-state index contributed by atoms with van der Waals surface area (Å²) >= 11 is 0. The molecular formula is C8H20N4O3S. The van der Waals surface area contributed by atoms with E-state index in [2.05, 4.69) is 15.7 Å². The monoisotopic (exact) mass is 252 g/mol. The normalized spacial score (nSPS) is 12.6. The molecule has 0 spiro atoms. The van der Waals surface area contributed by atoms with Gasteiger partial charge in [0, 0.05) is 33.1 Å². The van der Waals surface area contributed by atoms with E-state index in [0.717, 1.165) is 6.42 Å². The Hall–Kier alpha value is -0.860. The molecule has 8 heteroatoms. The minimum absolute atomic E-state index is 0.0474. The molecule has 0 aliphatic rings. The summed E-state index contributed by atoms with van der Waals surface area (Å²) < 4.78 is 26.6. The van der Waals surface area contributed by atoms with Crippen LogP contribution in [0.4, 0.5) is 0 Å². The largest absolute Gasteiger partial charge is 0.385 e. The predicted molar refractivity (Wildman–Crippen MR) is 63.8 cm³/mol. The van der Waals surface area contributed by atoms with Gasteiger partial charge >= 0.3 is 0 Å². The summed E-state index contributed by atoms with van der Waals surface area (Å²) in [5.41, 5.74) is 2.37. The topological polar surface area (TPSA) is 106 Å². The van der Waals surface area contributed by atoms with Gasteiger partial charge in [0.15, 0.2) is 0 Å². The second-order valence-corrected chi connectivity index (χ2v) is 5.54. The molecule has 0 rings (SSSR count). The summed E-state index contributed by atoms with van der Waals surface area (Å²) in [7, 11) is -1.34. The average Bonchev–Trinajstić information content (AvgIpc) is 2.20. The molecule has 0 radical (unpaired) electrons. The highest BCUT2D eigenvalue weighted by Gasteiger charge is 2.02. The summed E-state index contributed by atoms with van der Waals surface area (Å²) in [6.07, 6.45) is 1.97. The van der Waals surface area contributed by atoms with Gasteiger partial charge in [0.05, 0.1) is 5.75 Å². The third-order valence-corrected chi connectivity index (χ3v) is 2.62. The van der Waals surface area contributed by atoms with E-state index in [1.165, 1.54) is 6.26 Å². The van der Waals surface area contributed by atoms with Crippen LogP contribution < -0.4 is 16.6 Å². The van der Waals surface area contributed by atoms with Gasteiger partial charge < -0.3 is 10.1 Å². The Labute approximate surface area is 96.3 Å². The molecule has 7 nitrogen and oxygen atoms in total. The number of hydrogen-bond acceptors (Lipinski definition) is 5. The molecule has 0 saturated carbocycles. The number of hydrazine groups is 1. The lowest BCUT2D eigenvalue weighted by Gasteiger charge is -2.08. The molecule has 0 heterocycles. The Morgan fingerprint density at radius 3 is 2.69 bits per heavy atom. The third kappa shape index (κ3) is 9.69. The summed E-state index contributed by atoms with van der Waals surface area (Å²) in [6, 6.07) is 0. The Morgan fingerprint density at radius 1 is 1.50 bits per heavy atom. The molecule has 0 saturated heterocycles. The minimum atomic E-state index is -2.96. The van der Waals surface area contributed by atoms with Gasteiger partial charge in [-0.05, 0) is 6.42 Å². The summed E-state index contributed by atoms with van der Waals surface area (Å²) in [5.74, 6) is 5.65. The van der Waals surface area contributed by atoms with Crippen LogP contribution in [-0.4, -0.2) is 53.2 Å². The fourth-order valence-corrected chi connectivity index (χ4v) is 1.38. The molecule has 16 heavy (non-hydrogen) atoms. The van der Waals surface area contributed by atoms with Crippen LogP contribution in [0.5, 0.6) is 0 Å². The molecule has 0 aliphatic carbocycles. The maximum Gasteiger partial charge on any atom is 0.205 e. The van der Waals surface area contributed by atoms with Gasteiger partial charge in [-0.3, -0.25) is 10.4 Å². The third-order valence-electron chi connectivity index (χ3n) is 1.68. The Balaban J connectivity index is 3.82. The van der Waals surface area contributed by atoms with E-state index in [1.54, 1.807) is 7.11 Å². The molecule has 4 N–H and O–H groups in total. The van der Waals surface area contributed by atoms with Crippen molar-refractivity contribution in [3.63, 3.8) is 0 Å². The summed E-state index contributed by atoms with van der Waals surface area (Å²) in [5, 5.41) is 2.80. The zero-order valence-electron chi connectivity index (χ0n) is 9.69. The first-order chi connectivity index (χ1) is 7.49. The van der Waals surface area contributed by atoms with E-state index in [0.29, 0.717) is 19.1 Å². The number of aliphatic imine (C=N–C) groups is 1. The van der Waals surface area contributed by atoms with E-state index in [9.17, 15) is 8.42 Å². The fourth-order valence-electron chi connectivity index (χ4n) is 0.907. The Morgan fingerprint density at radius 2 is 2.19 bits per heavy atom. The van der Waals surface area contributed by atoms with E-state index in [-0.39, 0.29) is 12.3 Å². The first-order valence-corrected chi connectivity index (χ1v) is 6.97. The molecule has 0 amide bonds. The van der Waals surface area contributed by atoms with Gasteiger partial charge in [-0.2, -0.15) is 0 Å². The first kappa shape index (κ1) is 15.1. The van der Waals surface area contributed by atoms with Gasteiger partial charge in [0.1, 0.15) is 9.84 Å². The highest BCUT2D eigenvalue weighted by Crippen LogP contribution is 1.83. The van der Waals surface area contributed by atoms with Crippen LogP contribution >= 0.6 is 0 Å². The fraction of sp³-hybridized carbons (Fsp3) is 0.875. The van der Waals surface area contributed by atoms with Gasteiger partial charge in [-0.15, -0.1) is 0 Å². The summed E-state index contributed by atoms with van der Waals surface area (Å²) in [4.78, 5) is 4.09. The highest BCUT2D eigenvalue weighted by atomic mass is 32.2. The number of nitrogens with zero attached hydrogens (tertiary/aromatic N) is 1. The quantitative estimate of drug-likeness (QED) is 0.167. The van der Waals surface area contributed by atoms with Crippen LogP contribution in [-0.2, 0) is 14.6 Å². The van der Waals surface area contributed by atoms with Crippen LogP contribution in [0.25, 0.3) is 0 Å². The standard InChI is InChI=1S/C8H20N4O3S/c1-15-6-3-4-10-8(12-9)11-5-7-16(2,13)14/h3-7,9H2,1-2H3,(H2,10,11,12). The number of ether oxygens (including phenoxy) is 1. The molecule has 96 valence electrons. The maximum atomic E-state index is 10.9. The van der Waals surface area contributed by atoms with E-state index < -0.39 is 9.84 Å². The van der Waals surface area contributed by atoms with Crippen LogP contribution in [0.1, 0.15) is 6.42 Å². The molecule has 0 unspecified atom stereocenters. The molecular weight excluding hydrogens is 232 g/mol. The molecule has 0 bridgehead atoms. The average molecular weight is 252 g/mol. The number of nitrogens with one attached hydrogen (secondary N) is 2. The minimum Gasteiger partial charge on any atom is -0.385 e. The van der Waals surface area contributed by atoms with Crippen LogP contribution in [0.15, 0.2) is 4.99 Å². The smallest absolute Gasteiger partial charge is 0.205 e. The number of nitrogens with two attached hydrogens (primary N) is 1. The van der Waals surface area contributed by atoms with Crippen LogP contribution in [0.2, 0.25) is 0 Å². The molecule has 0 fully saturated rings. The predicted octanol–water partition coefficient (Wildman–Crippen LogP) is -1.52. The lowest BCUT2D eigenvalue weighted by Crippen LogP contribution is -2.43. The van der Waals surface area contributed by atoms with Crippen molar-refractivity contribution in [3.05, 3.63) is 0 Å². The number of guanidine groups is 1.